The lowest BCUT2D eigenvalue weighted by Crippen LogP contribution is -2.36. The minimum Gasteiger partial charge on any atom is -0.336 e. The highest BCUT2D eigenvalue weighted by atomic mass is 16.2. The maximum absolute atomic E-state index is 11.4. The second kappa shape index (κ2) is 3.61. The van der Waals surface area contributed by atoms with Crippen LogP contribution in [0.25, 0.3) is 0 Å². The summed E-state index contributed by atoms with van der Waals surface area (Å²) in [5.41, 5.74) is 1.35. The molecule has 0 aliphatic carbocycles. The van der Waals surface area contributed by atoms with Gasteiger partial charge in [0.15, 0.2) is 0 Å². The standard InChI is InChI=1S/C9H10N4O2/c10-3-1-8(14)13-4-2-6-7(5-13)11-12-9(6)15/h1-2,4-5H2,(H2,11,12,15). The number of hydrogen-bond acceptors (Lipinski definition) is 3. The van der Waals surface area contributed by atoms with Gasteiger partial charge in [-0.15, -0.1) is 0 Å². The lowest BCUT2D eigenvalue weighted by Gasteiger charge is -2.25. The second-order valence-corrected chi connectivity index (χ2v) is 3.44. The number of carbonyl (C=O) groups excluding carboxylic acids is 1. The summed E-state index contributed by atoms with van der Waals surface area (Å²) in [5.74, 6) is -0.190. The van der Waals surface area contributed by atoms with E-state index in [-0.39, 0.29) is 17.9 Å². The number of nitrogens with one attached hydrogen (secondary N) is 2. The van der Waals surface area contributed by atoms with E-state index in [0.717, 1.165) is 11.3 Å². The van der Waals surface area contributed by atoms with Crippen molar-refractivity contribution in [2.75, 3.05) is 6.54 Å². The lowest BCUT2D eigenvalue weighted by atomic mass is 10.1. The molecule has 0 saturated carbocycles. The van der Waals surface area contributed by atoms with Crippen molar-refractivity contribution in [1.82, 2.24) is 15.1 Å². The Morgan fingerprint density at radius 3 is 3.07 bits per heavy atom. The Balaban J connectivity index is 2.16. The first-order valence-corrected chi connectivity index (χ1v) is 4.65. The fourth-order valence-corrected chi connectivity index (χ4v) is 1.73. The largest absolute Gasteiger partial charge is 0.336 e. The monoisotopic (exact) mass is 206 g/mol. The summed E-state index contributed by atoms with van der Waals surface area (Å²) in [6, 6.07) is 1.82. The summed E-state index contributed by atoms with van der Waals surface area (Å²) in [5, 5.41) is 13.6. The molecule has 2 rings (SSSR count). The highest BCUT2D eigenvalue weighted by molar-refractivity contribution is 5.78. The zero-order valence-electron chi connectivity index (χ0n) is 8.04. The van der Waals surface area contributed by atoms with Crippen molar-refractivity contribution in [2.24, 2.45) is 0 Å². The molecule has 0 aromatic carbocycles. The van der Waals surface area contributed by atoms with Crippen molar-refractivity contribution in [3.63, 3.8) is 0 Å². The highest BCUT2D eigenvalue weighted by Gasteiger charge is 2.23. The number of aromatic nitrogens is 2. The molecule has 0 unspecified atom stereocenters. The molecule has 1 amide bonds. The number of rotatable bonds is 1. The summed E-state index contributed by atoms with van der Waals surface area (Å²) in [7, 11) is 0. The van der Waals surface area contributed by atoms with Gasteiger partial charge in [-0.05, 0) is 6.42 Å². The van der Waals surface area contributed by atoms with Gasteiger partial charge in [0.2, 0.25) is 5.91 Å². The van der Waals surface area contributed by atoms with Gasteiger partial charge in [-0.25, -0.2) is 0 Å². The zero-order valence-corrected chi connectivity index (χ0v) is 8.04. The van der Waals surface area contributed by atoms with Gasteiger partial charge in [-0.3, -0.25) is 14.7 Å². The van der Waals surface area contributed by atoms with E-state index in [0.29, 0.717) is 19.5 Å². The van der Waals surface area contributed by atoms with E-state index >= 15 is 0 Å². The molecule has 0 atom stereocenters. The van der Waals surface area contributed by atoms with E-state index in [2.05, 4.69) is 10.2 Å². The van der Waals surface area contributed by atoms with E-state index in [1.54, 1.807) is 4.90 Å². The molecule has 1 aromatic rings. The second-order valence-electron chi connectivity index (χ2n) is 3.44. The Labute approximate surface area is 85.5 Å². The van der Waals surface area contributed by atoms with Crippen molar-refractivity contribution >= 4 is 5.91 Å². The first-order valence-electron chi connectivity index (χ1n) is 4.65. The van der Waals surface area contributed by atoms with Crippen LogP contribution >= 0.6 is 0 Å². The van der Waals surface area contributed by atoms with Crippen molar-refractivity contribution in [3.8, 4) is 6.07 Å². The van der Waals surface area contributed by atoms with Gasteiger partial charge in [-0.2, -0.15) is 5.26 Å². The van der Waals surface area contributed by atoms with Crippen LogP contribution in [0.4, 0.5) is 0 Å². The third kappa shape index (κ3) is 1.64. The third-order valence-corrected chi connectivity index (χ3v) is 2.53. The van der Waals surface area contributed by atoms with Crippen LogP contribution in [-0.4, -0.2) is 27.5 Å². The third-order valence-electron chi connectivity index (χ3n) is 2.53. The zero-order chi connectivity index (χ0) is 10.8. The molecule has 6 nitrogen and oxygen atoms in total. The van der Waals surface area contributed by atoms with Gasteiger partial charge in [0.1, 0.15) is 6.42 Å². The average molecular weight is 206 g/mol. The first-order chi connectivity index (χ1) is 7.22. The highest BCUT2D eigenvalue weighted by Crippen LogP contribution is 2.13. The Hall–Kier alpha value is -2.03. The molecule has 1 aliphatic rings. The van der Waals surface area contributed by atoms with Crippen LogP contribution in [0.3, 0.4) is 0 Å². The number of fused-ring (bicyclic) bond motifs is 1. The smallest absolute Gasteiger partial charge is 0.267 e. The van der Waals surface area contributed by atoms with Gasteiger partial charge in [0.25, 0.3) is 5.56 Å². The van der Waals surface area contributed by atoms with Gasteiger partial charge in [-0.1, -0.05) is 0 Å². The van der Waals surface area contributed by atoms with Crippen molar-refractivity contribution in [3.05, 3.63) is 21.6 Å². The normalized spacial score (nSPS) is 14.5. The topological polar surface area (TPSA) is 92.8 Å². The van der Waals surface area contributed by atoms with Gasteiger partial charge < -0.3 is 10.00 Å². The molecule has 15 heavy (non-hydrogen) atoms. The molecular formula is C9H10N4O2. The van der Waals surface area contributed by atoms with Crippen LogP contribution in [0.15, 0.2) is 4.79 Å². The molecule has 1 aromatic heterocycles. The summed E-state index contributed by atoms with van der Waals surface area (Å²) >= 11 is 0. The molecule has 0 spiro atoms. The van der Waals surface area contributed by atoms with E-state index in [1.165, 1.54) is 0 Å². The van der Waals surface area contributed by atoms with Crippen molar-refractivity contribution in [2.45, 2.75) is 19.4 Å². The quantitative estimate of drug-likeness (QED) is 0.648. The predicted octanol–water partition coefficient (Wildman–Crippen LogP) is -0.499. The molecule has 0 fully saturated rings. The maximum atomic E-state index is 11.4. The summed E-state index contributed by atoms with van der Waals surface area (Å²) in [4.78, 5) is 24.2. The van der Waals surface area contributed by atoms with Crippen LogP contribution < -0.4 is 5.56 Å². The number of nitrogens with zero attached hydrogens (tertiary/aromatic N) is 2. The van der Waals surface area contributed by atoms with E-state index in [1.807, 2.05) is 6.07 Å². The molecule has 78 valence electrons. The van der Waals surface area contributed by atoms with Gasteiger partial charge in [0, 0.05) is 12.1 Å². The van der Waals surface area contributed by atoms with Crippen LogP contribution in [0, 0.1) is 11.3 Å². The predicted molar refractivity (Wildman–Crippen MR) is 50.8 cm³/mol. The number of amides is 1. The molecule has 2 heterocycles. The van der Waals surface area contributed by atoms with Crippen molar-refractivity contribution < 1.29 is 4.79 Å². The number of carbonyl (C=O) groups is 1. The SMILES string of the molecule is N#CCC(=O)N1CCc2c([nH][nH]c2=O)C1. The average Bonchev–Trinajstić information content (AvgIpc) is 2.60. The Kier molecular flexibility index (Phi) is 2.29. The fourth-order valence-electron chi connectivity index (χ4n) is 1.73. The van der Waals surface area contributed by atoms with Crippen LogP contribution in [-0.2, 0) is 17.8 Å². The first kappa shape index (κ1) is 9.52. The fraction of sp³-hybridized carbons (Fsp3) is 0.444. The number of nitriles is 1. The molecule has 0 radical (unpaired) electrons. The molecule has 6 heteroatoms. The molecular weight excluding hydrogens is 196 g/mol. The summed E-state index contributed by atoms with van der Waals surface area (Å²) in [6.07, 6.45) is 0.440. The molecule has 2 N–H and O–H groups in total. The van der Waals surface area contributed by atoms with Gasteiger partial charge in [0.05, 0.1) is 18.3 Å². The minimum atomic E-state index is -0.190. The van der Waals surface area contributed by atoms with Gasteiger partial charge >= 0.3 is 0 Å². The molecule has 0 bridgehead atoms. The summed E-state index contributed by atoms with van der Waals surface area (Å²) in [6.45, 7) is 0.892. The van der Waals surface area contributed by atoms with E-state index < -0.39 is 0 Å². The van der Waals surface area contributed by atoms with Crippen LogP contribution in [0.1, 0.15) is 17.7 Å². The number of aromatic amines is 2. The Morgan fingerprint density at radius 1 is 1.53 bits per heavy atom. The lowest BCUT2D eigenvalue weighted by molar-refractivity contribution is -0.131. The summed E-state index contributed by atoms with van der Waals surface area (Å²) < 4.78 is 0. The van der Waals surface area contributed by atoms with E-state index in [9.17, 15) is 9.59 Å². The number of hydrogen-bond donors (Lipinski definition) is 2. The van der Waals surface area contributed by atoms with Crippen molar-refractivity contribution in [1.29, 1.82) is 5.26 Å². The molecule has 0 saturated heterocycles. The van der Waals surface area contributed by atoms with Crippen LogP contribution in [0.2, 0.25) is 0 Å². The number of H-pyrrole nitrogens is 2. The Bertz CT molecular complexity index is 479. The Morgan fingerprint density at radius 2 is 2.33 bits per heavy atom. The minimum absolute atomic E-state index is 0.107. The van der Waals surface area contributed by atoms with E-state index in [4.69, 9.17) is 5.26 Å². The van der Waals surface area contributed by atoms with Crippen LogP contribution in [0.5, 0.6) is 0 Å². The maximum Gasteiger partial charge on any atom is 0.267 e. The molecule has 1 aliphatic heterocycles.